The Hall–Kier alpha value is -1.62. The van der Waals surface area contributed by atoms with Gasteiger partial charge in [0.05, 0.1) is 10.2 Å². The molecule has 2 aromatic rings. The molecular formula is C16H21N3OS. The molecule has 0 saturated heterocycles. The van der Waals surface area contributed by atoms with Crippen LogP contribution in [0.3, 0.4) is 0 Å². The number of rotatable bonds is 3. The van der Waals surface area contributed by atoms with Crippen molar-refractivity contribution < 1.29 is 4.79 Å². The molecule has 5 heteroatoms. The second-order valence-electron chi connectivity index (χ2n) is 5.89. The zero-order chi connectivity index (χ0) is 14.8. The van der Waals surface area contributed by atoms with Gasteiger partial charge in [-0.2, -0.15) is 0 Å². The summed E-state index contributed by atoms with van der Waals surface area (Å²) in [6.45, 7) is 2.12. The highest BCUT2D eigenvalue weighted by Crippen LogP contribution is 2.27. The molecule has 112 valence electrons. The lowest BCUT2D eigenvalue weighted by atomic mass is 9.84. The van der Waals surface area contributed by atoms with Crippen LogP contribution in [-0.2, 0) is 0 Å². The lowest BCUT2D eigenvalue weighted by Gasteiger charge is -2.28. The van der Waals surface area contributed by atoms with E-state index in [-0.39, 0.29) is 11.9 Å². The maximum absolute atomic E-state index is 12.4. The highest BCUT2D eigenvalue weighted by atomic mass is 32.1. The summed E-state index contributed by atoms with van der Waals surface area (Å²) in [6, 6.07) is 5.80. The van der Waals surface area contributed by atoms with E-state index in [0.29, 0.717) is 16.6 Å². The second kappa shape index (κ2) is 6.02. The minimum absolute atomic E-state index is 0.00180. The van der Waals surface area contributed by atoms with Crippen molar-refractivity contribution in [2.24, 2.45) is 5.92 Å². The van der Waals surface area contributed by atoms with Crippen LogP contribution in [0.25, 0.3) is 10.2 Å². The summed E-state index contributed by atoms with van der Waals surface area (Å²) in [5.41, 5.74) is 7.25. The fourth-order valence-electron chi connectivity index (χ4n) is 3.13. The van der Waals surface area contributed by atoms with Gasteiger partial charge in [0.25, 0.3) is 5.91 Å². The van der Waals surface area contributed by atoms with E-state index in [1.54, 1.807) is 0 Å². The van der Waals surface area contributed by atoms with Crippen molar-refractivity contribution in [3.8, 4) is 0 Å². The summed E-state index contributed by atoms with van der Waals surface area (Å²) in [7, 11) is 0. The zero-order valence-corrected chi connectivity index (χ0v) is 13.1. The minimum atomic E-state index is 0.00180. The molecule has 1 aromatic heterocycles. The van der Waals surface area contributed by atoms with E-state index in [9.17, 15) is 4.79 Å². The van der Waals surface area contributed by atoms with Crippen molar-refractivity contribution in [1.29, 1.82) is 0 Å². The number of nitrogen functional groups attached to an aromatic ring is 1. The molecule has 3 rings (SSSR count). The van der Waals surface area contributed by atoms with Crippen molar-refractivity contribution in [3.63, 3.8) is 0 Å². The molecule has 0 aliphatic heterocycles. The van der Waals surface area contributed by atoms with Gasteiger partial charge in [-0.25, -0.2) is 4.98 Å². The highest BCUT2D eigenvalue weighted by molar-refractivity contribution is 7.22. The van der Waals surface area contributed by atoms with E-state index in [1.165, 1.54) is 43.4 Å². The Kier molecular flexibility index (Phi) is 4.10. The van der Waals surface area contributed by atoms with Gasteiger partial charge in [0.2, 0.25) is 0 Å². The number of hydrogen-bond donors (Lipinski definition) is 2. The van der Waals surface area contributed by atoms with Crippen molar-refractivity contribution in [2.75, 3.05) is 5.73 Å². The van der Waals surface area contributed by atoms with Crippen LogP contribution in [-0.4, -0.2) is 16.9 Å². The molecule has 1 saturated carbocycles. The molecule has 3 N–H and O–H groups in total. The Morgan fingerprint density at radius 1 is 1.38 bits per heavy atom. The summed E-state index contributed by atoms with van der Waals surface area (Å²) in [6.07, 6.45) is 6.37. The standard InChI is InChI=1S/C16H21N3OS/c1-10(11-5-3-2-4-6-11)18-15(20)12-7-8-13-14(9-12)21-16(17)19-13/h7-11H,2-6H2,1H3,(H2,17,19)(H,18,20). The van der Waals surface area contributed by atoms with Crippen molar-refractivity contribution in [3.05, 3.63) is 23.8 Å². The number of aromatic nitrogens is 1. The first-order chi connectivity index (χ1) is 10.1. The van der Waals surface area contributed by atoms with Crippen LogP contribution in [0.5, 0.6) is 0 Å². The quantitative estimate of drug-likeness (QED) is 0.910. The minimum Gasteiger partial charge on any atom is -0.375 e. The van der Waals surface area contributed by atoms with Gasteiger partial charge >= 0.3 is 0 Å². The fourth-order valence-corrected chi connectivity index (χ4v) is 3.90. The van der Waals surface area contributed by atoms with Crippen LogP contribution in [0.15, 0.2) is 18.2 Å². The van der Waals surface area contributed by atoms with Gasteiger partial charge in [-0.1, -0.05) is 30.6 Å². The van der Waals surface area contributed by atoms with Crippen LogP contribution in [0.4, 0.5) is 5.13 Å². The summed E-state index contributed by atoms with van der Waals surface area (Å²) in [5.74, 6) is 0.618. The largest absolute Gasteiger partial charge is 0.375 e. The Bertz CT molecular complexity index is 646. The van der Waals surface area contributed by atoms with Gasteiger partial charge in [-0.15, -0.1) is 0 Å². The molecule has 1 heterocycles. The molecule has 0 spiro atoms. The first-order valence-electron chi connectivity index (χ1n) is 7.60. The van der Waals surface area contributed by atoms with E-state index in [4.69, 9.17) is 5.73 Å². The third-order valence-electron chi connectivity index (χ3n) is 4.38. The van der Waals surface area contributed by atoms with E-state index < -0.39 is 0 Å². The Labute approximate surface area is 128 Å². The number of nitrogens with one attached hydrogen (secondary N) is 1. The van der Waals surface area contributed by atoms with E-state index in [2.05, 4.69) is 17.2 Å². The Morgan fingerprint density at radius 3 is 2.90 bits per heavy atom. The number of nitrogens with two attached hydrogens (primary N) is 1. The molecule has 0 radical (unpaired) electrons. The average molecular weight is 303 g/mol. The summed E-state index contributed by atoms with van der Waals surface area (Å²) in [5, 5.41) is 3.69. The van der Waals surface area contributed by atoms with Crippen molar-refractivity contribution in [2.45, 2.75) is 45.1 Å². The van der Waals surface area contributed by atoms with Crippen LogP contribution < -0.4 is 11.1 Å². The SMILES string of the molecule is CC(NC(=O)c1ccc2nc(N)sc2c1)C1CCCCC1. The van der Waals surface area contributed by atoms with Gasteiger partial charge in [0.1, 0.15) is 0 Å². The number of nitrogens with zero attached hydrogens (tertiary/aromatic N) is 1. The molecule has 1 aliphatic carbocycles. The monoisotopic (exact) mass is 303 g/mol. The van der Waals surface area contributed by atoms with Crippen LogP contribution in [0, 0.1) is 5.92 Å². The van der Waals surface area contributed by atoms with E-state index in [1.807, 2.05) is 18.2 Å². The molecule has 1 aliphatic rings. The van der Waals surface area contributed by atoms with Gasteiger partial charge in [-0.05, 0) is 43.9 Å². The second-order valence-corrected chi connectivity index (χ2v) is 6.96. The first kappa shape index (κ1) is 14.3. The number of thiazole rings is 1. The van der Waals surface area contributed by atoms with E-state index >= 15 is 0 Å². The predicted molar refractivity (Wildman–Crippen MR) is 87.5 cm³/mol. The molecule has 4 nitrogen and oxygen atoms in total. The molecule has 21 heavy (non-hydrogen) atoms. The van der Waals surface area contributed by atoms with Gasteiger partial charge < -0.3 is 11.1 Å². The molecule has 1 unspecified atom stereocenters. The lowest BCUT2D eigenvalue weighted by molar-refractivity contribution is 0.0919. The number of fused-ring (bicyclic) bond motifs is 1. The van der Waals surface area contributed by atoms with Crippen LogP contribution >= 0.6 is 11.3 Å². The summed E-state index contributed by atoms with van der Waals surface area (Å²) >= 11 is 1.42. The molecule has 1 amide bonds. The summed E-state index contributed by atoms with van der Waals surface area (Å²) < 4.78 is 0.963. The Morgan fingerprint density at radius 2 is 2.14 bits per heavy atom. The molecular weight excluding hydrogens is 282 g/mol. The van der Waals surface area contributed by atoms with Gasteiger partial charge in [-0.3, -0.25) is 4.79 Å². The van der Waals surface area contributed by atoms with Crippen molar-refractivity contribution in [1.82, 2.24) is 10.3 Å². The molecule has 1 atom stereocenters. The number of carbonyl (C=O) groups excluding carboxylic acids is 1. The molecule has 0 bridgehead atoms. The van der Waals surface area contributed by atoms with Crippen molar-refractivity contribution >= 4 is 32.6 Å². The number of hydrogen-bond acceptors (Lipinski definition) is 4. The third kappa shape index (κ3) is 3.18. The average Bonchev–Trinajstić information content (AvgIpc) is 2.87. The summed E-state index contributed by atoms with van der Waals surface area (Å²) in [4.78, 5) is 16.6. The van der Waals surface area contributed by atoms with E-state index in [0.717, 1.165) is 10.2 Å². The Balaban J connectivity index is 1.70. The topological polar surface area (TPSA) is 68.0 Å². The predicted octanol–water partition coefficient (Wildman–Crippen LogP) is 3.58. The highest BCUT2D eigenvalue weighted by Gasteiger charge is 2.22. The lowest BCUT2D eigenvalue weighted by Crippen LogP contribution is -2.38. The smallest absolute Gasteiger partial charge is 0.251 e. The van der Waals surface area contributed by atoms with Crippen LogP contribution in [0.2, 0.25) is 0 Å². The first-order valence-corrected chi connectivity index (χ1v) is 8.42. The van der Waals surface area contributed by atoms with Gasteiger partial charge in [0.15, 0.2) is 5.13 Å². The fraction of sp³-hybridized carbons (Fsp3) is 0.500. The van der Waals surface area contributed by atoms with Gasteiger partial charge in [0, 0.05) is 11.6 Å². The van der Waals surface area contributed by atoms with Crippen LogP contribution in [0.1, 0.15) is 49.4 Å². The third-order valence-corrected chi connectivity index (χ3v) is 5.23. The molecule has 1 aromatic carbocycles. The normalized spacial score (nSPS) is 17.8. The maximum atomic E-state index is 12.4. The number of benzene rings is 1. The number of carbonyl (C=O) groups is 1. The number of anilines is 1. The number of amides is 1. The zero-order valence-electron chi connectivity index (χ0n) is 12.3. The maximum Gasteiger partial charge on any atom is 0.251 e. The molecule has 1 fully saturated rings.